The molecule has 0 radical (unpaired) electrons. The topological polar surface area (TPSA) is 95.1 Å². The van der Waals surface area contributed by atoms with Crippen LogP contribution in [-0.2, 0) is 0 Å². The van der Waals surface area contributed by atoms with E-state index in [0.717, 1.165) is 17.0 Å². The molecule has 8 heteroatoms. The number of anilines is 1. The molecule has 4 rings (SSSR count). The quantitative estimate of drug-likeness (QED) is 0.549. The van der Waals surface area contributed by atoms with Gasteiger partial charge in [0.25, 0.3) is 5.91 Å². The Morgan fingerprint density at radius 3 is 2.41 bits per heavy atom. The maximum atomic E-state index is 12.0. The van der Waals surface area contributed by atoms with Gasteiger partial charge in [-0.3, -0.25) is 4.79 Å². The van der Waals surface area contributed by atoms with Crippen molar-refractivity contribution in [1.82, 2.24) is 20.0 Å². The number of hydrogen-bond acceptors (Lipinski definition) is 6. The van der Waals surface area contributed by atoms with Crippen molar-refractivity contribution in [3.8, 4) is 17.4 Å². The van der Waals surface area contributed by atoms with Crippen molar-refractivity contribution in [3.05, 3.63) is 77.5 Å². The second-order valence-corrected chi connectivity index (χ2v) is 6.53. The number of carbonyl (C=O) groups is 1. The molecule has 0 spiro atoms. The first-order valence-corrected chi connectivity index (χ1v) is 8.99. The molecule has 0 saturated heterocycles. The van der Waals surface area contributed by atoms with Crippen LogP contribution in [0, 0.1) is 20.8 Å². The highest BCUT2D eigenvalue weighted by atomic mass is 16.5. The molecule has 0 unspecified atom stereocenters. The molecular formula is C21H19N5O3. The van der Waals surface area contributed by atoms with E-state index in [2.05, 4.69) is 20.6 Å². The third-order valence-electron chi connectivity index (χ3n) is 4.61. The molecule has 29 heavy (non-hydrogen) atoms. The summed E-state index contributed by atoms with van der Waals surface area (Å²) in [5.41, 5.74) is 4.22. The lowest BCUT2D eigenvalue weighted by atomic mass is 10.2. The van der Waals surface area contributed by atoms with Gasteiger partial charge in [0, 0.05) is 17.4 Å². The van der Waals surface area contributed by atoms with Gasteiger partial charge in [-0.15, -0.1) is 10.2 Å². The Hall–Kier alpha value is -3.94. The maximum absolute atomic E-state index is 12.0. The summed E-state index contributed by atoms with van der Waals surface area (Å²) in [6.45, 7) is 5.99. The van der Waals surface area contributed by atoms with Gasteiger partial charge in [0.15, 0.2) is 5.82 Å². The van der Waals surface area contributed by atoms with E-state index in [0.29, 0.717) is 28.7 Å². The van der Waals surface area contributed by atoms with Gasteiger partial charge >= 0.3 is 0 Å². The maximum Gasteiger partial charge on any atom is 0.258 e. The number of carbonyl (C=O) groups excluding carboxylic acids is 1. The molecule has 0 fully saturated rings. The number of aromatic nitrogens is 4. The fraction of sp³-hybridized carbons (Fsp3) is 0.143. The number of rotatable bonds is 5. The number of furan rings is 1. The highest BCUT2D eigenvalue weighted by Crippen LogP contribution is 2.22. The molecular weight excluding hydrogens is 370 g/mol. The van der Waals surface area contributed by atoms with Gasteiger partial charge in [-0.1, -0.05) is 0 Å². The van der Waals surface area contributed by atoms with Gasteiger partial charge in [-0.25, -0.2) is 4.68 Å². The van der Waals surface area contributed by atoms with Crippen LogP contribution in [0.15, 0.2) is 59.4 Å². The van der Waals surface area contributed by atoms with Gasteiger partial charge in [0.2, 0.25) is 5.88 Å². The fourth-order valence-corrected chi connectivity index (χ4v) is 2.75. The predicted molar refractivity (Wildman–Crippen MR) is 107 cm³/mol. The SMILES string of the molecule is Cc1nn(-c2ccc(Oc3ccc(NC(=O)c4ccoc4)cc3)nn2)c(C)c1C. The van der Waals surface area contributed by atoms with E-state index >= 15 is 0 Å². The average molecular weight is 389 g/mol. The summed E-state index contributed by atoms with van der Waals surface area (Å²) in [7, 11) is 0. The molecule has 0 bridgehead atoms. The Morgan fingerprint density at radius 1 is 1.03 bits per heavy atom. The minimum atomic E-state index is -0.242. The minimum Gasteiger partial charge on any atom is -0.472 e. The van der Waals surface area contributed by atoms with E-state index in [-0.39, 0.29) is 5.91 Å². The van der Waals surface area contributed by atoms with Crippen molar-refractivity contribution >= 4 is 11.6 Å². The lowest BCUT2D eigenvalue weighted by molar-refractivity contribution is 0.102. The predicted octanol–water partition coefficient (Wildman–Crippen LogP) is 4.23. The zero-order valence-electron chi connectivity index (χ0n) is 16.2. The Kier molecular flexibility index (Phi) is 4.82. The normalized spacial score (nSPS) is 10.7. The number of nitrogens with one attached hydrogen (secondary N) is 1. The number of ether oxygens (including phenoxy) is 1. The van der Waals surface area contributed by atoms with Gasteiger partial charge in [0.05, 0.1) is 17.5 Å². The number of benzene rings is 1. The molecule has 0 aliphatic carbocycles. The van der Waals surface area contributed by atoms with Gasteiger partial charge in [-0.2, -0.15) is 5.10 Å². The van der Waals surface area contributed by atoms with Crippen LogP contribution in [0.1, 0.15) is 27.3 Å². The molecule has 1 amide bonds. The van der Waals surface area contributed by atoms with E-state index in [9.17, 15) is 4.79 Å². The standard InChI is InChI=1S/C21H19N5O3/c1-13-14(2)25-26(15(13)3)19-8-9-20(24-23-19)29-18-6-4-17(5-7-18)22-21(27)16-10-11-28-12-16/h4-12H,1-3H3,(H,22,27). The Balaban J connectivity index is 1.43. The van der Waals surface area contributed by atoms with Crippen LogP contribution >= 0.6 is 0 Å². The molecule has 1 aromatic carbocycles. The zero-order chi connectivity index (χ0) is 20.4. The molecule has 0 atom stereocenters. The fourth-order valence-electron chi connectivity index (χ4n) is 2.75. The summed E-state index contributed by atoms with van der Waals surface area (Å²) in [4.78, 5) is 12.0. The van der Waals surface area contributed by atoms with Crippen LogP contribution in [0.25, 0.3) is 5.82 Å². The molecule has 146 valence electrons. The summed E-state index contributed by atoms with van der Waals surface area (Å²) < 4.78 is 12.4. The molecule has 8 nitrogen and oxygen atoms in total. The van der Waals surface area contributed by atoms with E-state index in [1.165, 1.54) is 12.5 Å². The van der Waals surface area contributed by atoms with E-state index in [4.69, 9.17) is 9.15 Å². The second-order valence-electron chi connectivity index (χ2n) is 6.53. The Bertz CT molecular complexity index is 1130. The molecule has 0 aliphatic heterocycles. The molecule has 3 aromatic heterocycles. The first kappa shape index (κ1) is 18.4. The Morgan fingerprint density at radius 2 is 1.83 bits per heavy atom. The number of nitrogens with zero attached hydrogens (tertiary/aromatic N) is 4. The van der Waals surface area contributed by atoms with E-state index in [1.54, 1.807) is 47.1 Å². The van der Waals surface area contributed by atoms with Crippen LogP contribution in [0.2, 0.25) is 0 Å². The largest absolute Gasteiger partial charge is 0.472 e. The average Bonchev–Trinajstić information content (AvgIpc) is 3.35. The third-order valence-corrected chi connectivity index (χ3v) is 4.61. The number of aryl methyl sites for hydroxylation is 1. The van der Waals surface area contributed by atoms with Crippen LogP contribution in [-0.4, -0.2) is 25.9 Å². The first-order valence-electron chi connectivity index (χ1n) is 8.99. The Labute approximate surface area is 167 Å². The molecule has 4 aromatic rings. The number of amides is 1. The van der Waals surface area contributed by atoms with Crippen LogP contribution < -0.4 is 10.1 Å². The van der Waals surface area contributed by atoms with Crippen molar-refractivity contribution in [2.45, 2.75) is 20.8 Å². The van der Waals surface area contributed by atoms with Gasteiger partial charge in [0.1, 0.15) is 12.0 Å². The summed E-state index contributed by atoms with van der Waals surface area (Å²) >= 11 is 0. The lowest BCUT2D eigenvalue weighted by Crippen LogP contribution is -2.10. The lowest BCUT2D eigenvalue weighted by Gasteiger charge is -2.07. The third kappa shape index (κ3) is 3.86. The highest BCUT2D eigenvalue weighted by molar-refractivity contribution is 6.03. The summed E-state index contributed by atoms with van der Waals surface area (Å²) in [5, 5.41) is 15.6. The van der Waals surface area contributed by atoms with Crippen molar-refractivity contribution in [2.24, 2.45) is 0 Å². The highest BCUT2D eigenvalue weighted by Gasteiger charge is 2.11. The summed E-state index contributed by atoms with van der Waals surface area (Å²) in [5.74, 6) is 1.33. The molecule has 3 heterocycles. The zero-order valence-corrected chi connectivity index (χ0v) is 16.2. The second kappa shape index (κ2) is 7.59. The van der Waals surface area contributed by atoms with E-state index in [1.807, 2.05) is 20.8 Å². The minimum absolute atomic E-state index is 0.242. The van der Waals surface area contributed by atoms with Gasteiger partial charge in [-0.05, 0) is 62.7 Å². The van der Waals surface area contributed by atoms with Gasteiger partial charge < -0.3 is 14.5 Å². The van der Waals surface area contributed by atoms with Crippen molar-refractivity contribution in [1.29, 1.82) is 0 Å². The number of hydrogen-bond donors (Lipinski definition) is 1. The molecule has 0 saturated carbocycles. The van der Waals surface area contributed by atoms with Crippen molar-refractivity contribution < 1.29 is 13.9 Å². The van der Waals surface area contributed by atoms with Crippen LogP contribution in [0.3, 0.4) is 0 Å². The summed E-state index contributed by atoms with van der Waals surface area (Å²) in [6, 6.07) is 12.1. The monoisotopic (exact) mass is 389 g/mol. The van der Waals surface area contributed by atoms with Crippen LogP contribution in [0.4, 0.5) is 5.69 Å². The van der Waals surface area contributed by atoms with Crippen molar-refractivity contribution in [2.75, 3.05) is 5.32 Å². The molecule has 0 aliphatic rings. The summed E-state index contributed by atoms with van der Waals surface area (Å²) in [6.07, 6.45) is 2.84. The van der Waals surface area contributed by atoms with Crippen LogP contribution in [0.5, 0.6) is 11.6 Å². The molecule has 1 N–H and O–H groups in total. The van der Waals surface area contributed by atoms with E-state index < -0.39 is 0 Å². The first-order chi connectivity index (χ1) is 14.0. The smallest absolute Gasteiger partial charge is 0.258 e. The van der Waals surface area contributed by atoms with Crippen molar-refractivity contribution in [3.63, 3.8) is 0 Å².